The predicted octanol–water partition coefficient (Wildman–Crippen LogP) is 4.06. The fourth-order valence-corrected chi connectivity index (χ4v) is 6.70. The van der Waals surface area contributed by atoms with Gasteiger partial charge in [0.15, 0.2) is 0 Å². The third-order valence-corrected chi connectivity index (χ3v) is 8.44. The van der Waals surface area contributed by atoms with Gasteiger partial charge in [0.05, 0.1) is 44.4 Å². The summed E-state index contributed by atoms with van der Waals surface area (Å²) in [5.74, 6) is 1.35. The number of ether oxygens (including phenoxy) is 3. The van der Waals surface area contributed by atoms with Crippen LogP contribution in [0.1, 0.15) is 36.4 Å². The number of ketones is 1. The second-order valence-electron chi connectivity index (χ2n) is 8.67. The molecule has 0 amide bonds. The molecule has 1 spiro atoms. The number of carbonyl (C=O) groups is 1. The summed E-state index contributed by atoms with van der Waals surface area (Å²) in [6.45, 7) is 1.69. The van der Waals surface area contributed by atoms with Gasteiger partial charge in [-0.25, -0.2) is 8.42 Å². The van der Waals surface area contributed by atoms with E-state index in [4.69, 9.17) is 14.2 Å². The number of hydrogen-bond donors (Lipinski definition) is 0. The molecule has 33 heavy (non-hydrogen) atoms. The average molecular weight is 472 g/mol. The maximum absolute atomic E-state index is 13.9. The Bertz CT molecular complexity index is 1150. The number of benzene rings is 2. The van der Waals surface area contributed by atoms with Crippen molar-refractivity contribution in [2.24, 2.45) is 5.41 Å². The van der Waals surface area contributed by atoms with Crippen molar-refractivity contribution >= 4 is 15.8 Å². The van der Waals surface area contributed by atoms with Gasteiger partial charge in [-0.3, -0.25) is 4.79 Å². The minimum atomic E-state index is -4.00. The van der Waals surface area contributed by atoms with Crippen LogP contribution in [0.15, 0.2) is 53.4 Å². The van der Waals surface area contributed by atoms with Crippen LogP contribution in [0.3, 0.4) is 0 Å². The lowest BCUT2D eigenvalue weighted by atomic mass is 9.69. The molecule has 2 aromatic carbocycles. The van der Waals surface area contributed by atoms with Crippen LogP contribution in [0.2, 0.25) is 0 Å². The van der Waals surface area contributed by atoms with Crippen LogP contribution in [-0.2, 0) is 14.8 Å². The number of hydrogen-bond acceptors (Lipinski definition) is 6. The molecule has 7 nitrogen and oxygen atoms in total. The first kappa shape index (κ1) is 23.3. The van der Waals surface area contributed by atoms with Gasteiger partial charge in [0.25, 0.3) is 0 Å². The lowest BCUT2D eigenvalue weighted by Gasteiger charge is -2.47. The number of methoxy groups -OCH3 is 3. The first-order valence-electron chi connectivity index (χ1n) is 10.8. The molecule has 176 valence electrons. The molecule has 0 bridgehead atoms. The maximum Gasteiger partial charge on any atom is 0.244 e. The minimum absolute atomic E-state index is 0.0999. The molecule has 2 aromatic rings. The van der Waals surface area contributed by atoms with Crippen molar-refractivity contribution in [3.63, 3.8) is 0 Å². The largest absolute Gasteiger partial charge is 0.496 e. The van der Waals surface area contributed by atoms with Gasteiger partial charge in [0.2, 0.25) is 10.0 Å². The highest BCUT2D eigenvalue weighted by Crippen LogP contribution is 2.57. The smallest absolute Gasteiger partial charge is 0.244 e. The van der Waals surface area contributed by atoms with Crippen molar-refractivity contribution in [3.05, 3.63) is 59.7 Å². The summed E-state index contributed by atoms with van der Waals surface area (Å²) in [5.41, 5.74) is 0.935. The molecule has 1 saturated heterocycles. The first-order valence-corrected chi connectivity index (χ1v) is 12.2. The van der Waals surface area contributed by atoms with Gasteiger partial charge in [0.1, 0.15) is 23.0 Å². The van der Waals surface area contributed by atoms with E-state index in [1.165, 1.54) is 18.5 Å². The highest BCUT2D eigenvalue weighted by molar-refractivity contribution is 7.89. The molecule has 1 aliphatic heterocycles. The summed E-state index contributed by atoms with van der Waals surface area (Å²) < 4.78 is 46.0. The zero-order chi connectivity index (χ0) is 23.8. The molecule has 4 rings (SSSR count). The molecular weight excluding hydrogens is 442 g/mol. The van der Waals surface area contributed by atoms with E-state index in [1.807, 2.05) is 19.1 Å². The second kappa shape index (κ2) is 8.83. The summed E-state index contributed by atoms with van der Waals surface area (Å²) in [6, 6.07) is 9.48. The van der Waals surface area contributed by atoms with Crippen molar-refractivity contribution in [2.75, 3.05) is 27.9 Å². The molecule has 0 N–H and O–H groups in total. The van der Waals surface area contributed by atoms with E-state index >= 15 is 0 Å². The Hall–Kier alpha value is -2.84. The van der Waals surface area contributed by atoms with Crippen LogP contribution < -0.4 is 14.2 Å². The molecule has 8 heteroatoms. The van der Waals surface area contributed by atoms with Crippen molar-refractivity contribution < 1.29 is 27.4 Å². The third-order valence-electron chi connectivity index (χ3n) is 6.62. The molecule has 2 aliphatic rings. The molecule has 0 saturated carbocycles. The van der Waals surface area contributed by atoms with E-state index < -0.39 is 21.5 Å². The number of nitrogens with zero attached hydrogens (tertiary/aromatic N) is 1. The van der Waals surface area contributed by atoms with Gasteiger partial charge in [-0.2, -0.15) is 4.31 Å². The molecule has 1 fully saturated rings. The summed E-state index contributed by atoms with van der Waals surface area (Å²) >= 11 is 0. The topological polar surface area (TPSA) is 82.1 Å². The summed E-state index contributed by atoms with van der Waals surface area (Å²) in [5, 5.41) is 0. The molecule has 1 aliphatic carbocycles. The SMILES string of the molecule is COc1cc(OC)c([C@H]2N(S(=O)(=O)c3ccc(C)cc3)CC(=O)CC23CC=CC3)c(OC)c1. The number of piperidine rings is 1. The number of aryl methyl sites for hydroxylation is 1. The van der Waals surface area contributed by atoms with Crippen molar-refractivity contribution in [1.29, 1.82) is 0 Å². The van der Waals surface area contributed by atoms with E-state index in [0.717, 1.165) is 5.56 Å². The van der Waals surface area contributed by atoms with Crippen LogP contribution in [-0.4, -0.2) is 46.4 Å². The summed E-state index contributed by atoms with van der Waals surface area (Å²) in [7, 11) is 0.613. The number of allylic oxidation sites excluding steroid dienone is 2. The Morgan fingerprint density at radius 1 is 0.939 bits per heavy atom. The van der Waals surface area contributed by atoms with Crippen LogP contribution in [0.5, 0.6) is 17.2 Å². The summed E-state index contributed by atoms with van der Waals surface area (Å²) in [4.78, 5) is 13.1. The minimum Gasteiger partial charge on any atom is -0.496 e. The maximum atomic E-state index is 13.9. The van der Waals surface area contributed by atoms with E-state index in [1.54, 1.807) is 43.5 Å². The van der Waals surface area contributed by atoms with E-state index in [0.29, 0.717) is 35.7 Å². The Kier molecular flexibility index (Phi) is 6.24. The zero-order valence-electron chi connectivity index (χ0n) is 19.3. The van der Waals surface area contributed by atoms with Crippen molar-refractivity contribution in [1.82, 2.24) is 4.31 Å². The molecule has 1 heterocycles. The lowest BCUT2D eigenvalue weighted by Crippen LogP contribution is -2.51. The van der Waals surface area contributed by atoms with Crippen LogP contribution in [0.25, 0.3) is 0 Å². The van der Waals surface area contributed by atoms with Crippen molar-refractivity contribution in [2.45, 2.75) is 37.1 Å². The fourth-order valence-electron chi connectivity index (χ4n) is 5.02. The molecular formula is C25H29NO6S. The summed E-state index contributed by atoms with van der Waals surface area (Å²) in [6.07, 6.45) is 5.49. The Morgan fingerprint density at radius 3 is 2.03 bits per heavy atom. The molecule has 0 aromatic heterocycles. The number of rotatable bonds is 6. The quantitative estimate of drug-likeness (QED) is 0.591. The highest BCUT2D eigenvalue weighted by Gasteiger charge is 2.54. The van der Waals surface area contributed by atoms with Crippen LogP contribution in [0, 0.1) is 12.3 Å². The van der Waals surface area contributed by atoms with E-state index in [2.05, 4.69) is 0 Å². The third kappa shape index (κ3) is 4.02. The van der Waals surface area contributed by atoms with Gasteiger partial charge in [0, 0.05) is 24.0 Å². The van der Waals surface area contributed by atoms with Gasteiger partial charge in [-0.15, -0.1) is 0 Å². The second-order valence-corrected chi connectivity index (χ2v) is 10.6. The monoisotopic (exact) mass is 471 g/mol. The van der Waals surface area contributed by atoms with Gasteiger partial charge in [-0.1, -0.05) is 29.8 Å². The molecule has 0 unspecified atom stereocenters. The number of carbonyl (C=O) groups excluding carboxylic acids is 1. The van der Waals surface area contributed by atoms with Gasteiger partial charge in [-0.05, 0) is 31.9 Å². The first-order chi connectivity index (χ1) is 15.8. The predicted molar refractivity (Wildman–Crippen MR) is 124 cm³/mol. The van der Waals surface area contributed by atoms with Gasteiger partial charge < -0.3 is 14.2 Å². The van der Waals surface area contributed by atoms with Crippen molar-refractivity contribution in [3.8, 4) is 17.2 Å². The zero-order valence-corrected chi connectivity index (χ0v) is 20.1. The Morgan fingerprint density at radius 2 is 1.52 bits per heavy atom. The molecule has 0 radical (unpaired) electrons. The fraction of sp³-hybridized carbons (Fsp3) is 0.400. The van der Waals surface area contributed by atoms with Crippen LogP contribution >= 0.6 is 0 Å². The Labute approximate surface area is 195 Å². The van der Waals surface area contributed by atoms with Gasteiger partial charge >= 0.3 is 0 Å². The number of sulfonamides is 1. The van der Waals surface area contributed by atoms with E-state index in [-0.39, 0.29) is 23.6 Å². The lowest BCUT2D eigenvalue weighted by molar-refractivity contribution is -0.127. The average Bonchev–Trinajstić information content (AvgIpc) is 3.26. The standard InChI is InChI=1S/C25H29NO6S/c1-17-7-9-20(10-8-17)33(28,29)26-16-18(27)15-25(11-5-6-12-25)24(26)23-21(31-3)13-19(30-2)14-22(23)32-4/h5-10,13-14,24H,11-12,15-16H2,1-4H3/t24-/m1/s1. The Balaban J connectivity index is 1.97. The van der Waals surface area contributed by atoms with Crippen LogP contribution in [0.4, 0.5) is 0 Å². The number of Topliss-reactive ketones (excluding diaryl/α,β-unsaturated/α-hetero) is 1. The highest BCUT2D eigenvalue weighted by atomic mass is 32.2. The normalized spacial score (nSPS) is 20.2. The van der Waals surface area contributed by atoms with E-state index in [9.17, 15) is 13.2 Å². The molecule has 1 atom stereocenters.